The van der Waals surface area contributed by atoms with Crippen molar-refractivity contribution in [3.05, 3.63) is 88.0 Å². The zero-order valence-electron chi connectivity index (χ0n) is 17.5. The van der Waals surface area contributed by atoms with E-state index in [4.69, 9.17) is 4.74 Å². The summed E-state index contributed by atoms with van der Waals surface area (Å²) in [5, 5.41) is 31.1. The molecule has 4 N–H and O–H groups in total. The SMILES string of the molecule is O=C(NCC(O)C(O)c1[nH]nc2cc(Br)ccc12)OCC1c2ccccc2-c2ccccc21. The van der Waals surface area contributed by atoms with E-state index >= 15 is 0 Å². The molecule has 2 atom stereocenters. The summed E-state index contributed by atoms with van der Waals surface area (Å²) >= 11 is 3.38. The fourth-order valence-corrected chi connectivity index (χ4v) is 4.72. The number of aliphatic hydroxyl groups is 2. The molecule has 1 aliphatic rings. The molecule has 0 fully saturated rings. The average Bonchev–Trinajstić information content (AvgIpc) is 3.39. The van der Waals surface area contributed by atoms with Gasteiger partial charge >= 0.3 is 6.09 Å². The summed E-state index contributed by atoms with van der Waals surface area (Å²) in [7, 11) is 0. The maximum absolute atomic E-state index is 12.3. The fraction of sp³-hybridized carbons (Fsp3) is 0.200. The van der Waals surface area contributed by atoms with Gasteiger partial charge in [0.1, 0.15) is 18.8 Å². The van der Waals surface area contributed by atoms with Gasteiger partial charge in [0.15, 0.2) is 0 Å². The van der Waals surface area contributed by atoms with Crippen molar-refractivity contribution in [2.75, 3.05) is 13.2 Å². The smallest absolute Gasteiger partial charge is 0.407 e. The third-order valence-electron chi connectivity index (χ3n) is 6.01. The summed E-state index contributed by atoms with van der Waals surface area (Å²) in [5.74, 6) is -0.0469. The van der Waals surface area contributed by atoms with Gasteiger partial charge in [0.25, 0.3) is 0 Å². The first-order chi connectivity index (χ1) is 16.0. The summed E-state index contributed by atoms with van der Waals surface area (Å²) in [6.45, 7) is 0.00740. The fourth-order valence-electron chi connectivity index (χ4n) is 4.37. The van der Waals surface area contributed by atoms with E-state index in [2.05, 4.69) is 55.7 Å². The van der Waals surface area contributed by atoms with Gasteiger partial charge in [0.05, 0.1) is 11.2 Å². The Kier molecular flexibility index (Phi) is 5.88. The predicted octanol–water partition coefficient (Wildman–Crippen LogP) is 4.26. The number of halogens is 1. The van der Waals surface area contributed by atoms with Crippen LogP contribution in [0.1, 0.15) is 28.8 Å². The first kappa shape index (κ1) is 21.6. The summed E-state index contributed by atoms with van der Waals surface area (Å²) in [5.41, 5.74) is 5.60. The zero-order valence-corrected chi connectivity index (χ0v) is 19.1. The molecule has 3 aromatic carbocycles. The Bertz CT molecular complexity index is 1280. The van der Waals surface area contributed by atoms with Gasteiger partial charge in [-0.25, -0.2) is 4.79 Å². The van der Waals surface area contributed by atoms with Crippen LogP contribution < -0.4 is 5.32 Å². The van der Waals surface area contributed by atoms with Crippen molar-refractivity contribution in [2.45, 2.75) is 18.1 Å². The third-order valence-corrected chi connectivity index (χ3v) is 6.50. The van der Waals surface area contributed by atoms with Crippen molar-refractivity contribution in [3.63, 3.8) is 0 Å². The van der Waals surface area contributed by atoms with Crippen LogP contribution in [0.5, 0.6) is 0 Å². The van der Waals surface area contributed by atoms with Crippen LogP contribution in [0.2, 0.25) is 0 Å². The Balaban J connectivity index is 1.20. The molecule has 0 radical (unpaired) electrons. The summed E-state index contributed by atoms with van der Waals surface area (Å²) in [4.78, 5) is 12.3. The highest BCUT2D eigenvalue weighted by Crippen LogP contribution is 2.44. The van der Waals surface area contributed by atoms with Crippen LogP contribution in [-0.2, 0) is 4.74 Å². The van der Waals surface area contributed by atoms with Gasteiger partial charge in [-0.15, -0.1) is 0 Å². The molecule has 4 aromatic rings. The van der Waals surface area contributed by atoms with Gasteiger partial charge in [-0.2, -0.15) is 5.10 Å². The number of H-pyrrole nitrogens is 1. The Hall–Kier alpha value is -3.20. The molecule has 0 spiro atoms. The summed E-state index contributed by atoms with van der Waals surface area (Å²) in [6, 6.07) is 21.6. The van der Waals surface area contributed by atoms with Crippen LogP contribution in [0.3, 0.4) is 0 Å². The number of aliphatic hydroxyl groups excluding tert-OH is 2. The zero-order chi connectivity index (χ0) is 22.9. The molecule has 8 heteroatoms. The largest absolute Gasteiger partial charge is 0.449 e. The number of hydrogen-bond donors (Lipinski definition) is 4. The first-order valence-corrected chi connectivity index (χ1v) is 11.4. The van der Waals surface area contributed by atoms with Crippen LogP contribution in [-0.4, -0.2) is 45.8 Å². The number of benzene rings is 3. The lowest BCUT2D eigenvalue weighted by molar-refractivity contribution is 0.0168. The maximum Gasteiger partial charge on any atom is 0.407 e. The maximum atomic E-state index is 12.3. The highest BCUT2D eigenvalue weighted by atomic mass is 79.9. The van der Waals surface area contributed by atoms with Crippen LogP contribution in [0.15, 0.2) is 71.2 Å². The summed E-state index contributed by atoms with van der Waals surface area (Å²) in [6.07, 6.45) is -3.13. The molecule has 0 bridgehead atoms. The van der Waals surface area contributed by atoms with Gasteiger partial charge in [0.2, 0.25) is 0 Å². The Morgan fingerprint density at radius 2 is 1.73 bits per heavy atom. The third kappa shape index (κ3) is 4.13. The number of carbonyl (C=O) groups is 1. The molecule has 0 saturated heterocycles. The van der Waals surface area contributed by atoms with E-state index in [-0.39, 0.29) is 19.1 Å². The molecular formula is C25H22BrN3O4. The van der Waals surface area contributed by atoms with E-state index in [9.17, 15) is 15.0 Å². The minimum Gasteiger partial charge on any atom is -0.449 e. The average molecular weight is 508 g/mol. The number of nitrogens with zero attached hydrogens (tertiary/aromatic N) is 1. The van der Waals surface area contributed by atoms with Crippen molar-refractivity contribution in [1.82, 2.24) is 15.5 Å². The van der Waals surface area contributed by atoms with Gasteiger partial charge in [-0.1, -0.05) is 64.5 Å². The molecule has 168 valence electrons. The standard InChI is InChI=1S/C25H22BrN3O4/c26-14-9-10-19-21(11-14)28-29-23(19)24(31)22(30)12-27-25(32)33-13-20-17-7-3-1-5-15(17)16-6-2-4-8-18(16)20/h1-11,20,22,24,30-31H,12-13H2,(H,27,32)(H,28,29). The topological polar surface area (TPSA) is 107 Å². The molecule has 1 amide bonds. The van der Waals surface area contributed by atoms with Crippen molar-refractivity contribution in [3.8, 4) is 11.1 Å². The molecule has 7 nitrogen and oxygen atoms in total. The molecule has 33 heavy (non-hydrogen) atoms. The quantitative estimate of drug-likeness (QED) is 0.312. The van der Waals surface area contributed by atoms with Crippen molar-refractivity contribution in [2.24, 2.45) is 0 Å². The second-order valence-electron chi connectivity index (χ2n) is 8.02. The highest BCUT2D eigenvalue weighted by Gasteiger charge is 2.29. The molecule has 1 aromatic heterocycles. The van der Waals surface area contributed by atoms with Crippen molar-refractivity contribution in [1.29, 1.82) is 0 Å². The predicted molar refractivity (Wildman–Crippen MR) is 128 cm³/mol. The highest BCUT2D eigenvalue weighted by molar-refractivity contribution is 9.10. The minimum atomic E-state index is -1.25. The number of carbonyl (C=O) groups excluding carboxylic acids is 1. The number of aromatic amines is 1. The molecule has 2 unspecified atom stereocenters. The van der Waals surface area contributed by atoms with E-state index in [0.29, 0.717) is 16.6 Å². The van der Waals surface area contributed by atoms with Crippen LogP contribution in [0.25, 0.3) is 22.0 Å². The van der Waals surface area contributed by atoms with Gasteiger partial charge in [0, 0.05) is 22.3 Å². The van der Waals surface area contributed by atoms with Gasteiger partial charge in [-0.3, -0.25) is 5.10 Å². The van der Waals surface area contributed by atoms with E-state index in [1.807, 2.05) is 36.4 Å². The number of alkyl carbamates (subject to hydrolysis) is 1. The number of fused-ring (bicyclic) bond motifs is 4. The van der Waals surface area contributed by atoms with Crippen LogP contribution in [0, 0.1) is 0 Å². The number of nitrogens with one attached hydrogen (secondary N) is 2. The second kappa shape index (κ2) is 8.97. The monoisotopic (exact) mass is 507 g/mol. The van der Waals surface area contributed by atoms with Gasteiger partial charge in [-0.05, 0) is 40.5 Å². The molecule has 0 aliphatic heterocycles. The van der Waals surface area contributed by atoms with Crippen molar-refractivity contribution >= 4 is 32.9 Å². The molecule has 0 saturated carbocycles. The Labute approximate surface area is 198 Å². The number of amides is 1. The van der Waals surface area contributed by atoms with E-state index in [1.54, 1.807) is 6.07 Å². The Morgan fingerprint density at radius 1 is 1.06 bits per heavy atom. The number of aromatic nitrogens is 2. The lowest BCUT2D eigenvalue weighted by atomic mass is 9.98. The molecule has 1 aliphatic carbocycles. The van der Waals surface area contributed by atoms with Crippen molar-refractivity contribution < 1.29 is 19.7 Å². The summed E-state index contributed by atoms with van der Waals surface area (Å²) < 4.78 is 6.34. The lowest BCUT2D eigenvalue weighted by Gasteiger charge is -2.18. The molecular weight excluding hydrogens is 486 g/mol. The minimum absolute atomic E-state index is 0.0469. The number of rotatable bonds is 6. The van der Waals surface area contributed by atoms with E-state index in [0.717, 1.165) is 26.7 Å². The Morgan fingerprint density at radius 3 is 2.42 bits per heavy atom. The van der Waals surface area contributed by atoms with E-state index < -0.39 is 18.3 Å². The second-order valence-corrected chi connectivity index (χ2v) is 8.93. The molecule has 5 rings (SSSR count). The normalized spacial score (nSPS) is 14.5. The first-order valence-electron chi connectivity index (χ1n) is 10.6. The molecule has 1 heterocycles. The number of ether oxygens (including phenoxy) is 1. The van der Waals surface area contributed by atoms with E-state index in [1.165, 1.54) is 0 Å². The van der Waals surface area contributed by atoms with Gasteiger partial charge < -0.3 is 20.3 Å². The van der Waals surface area contributed by atoms with Crippen LogP contribution in [0.4, 0.5) is 4.79 Å². The van der Waals surface area contributed by atoms with Crippen LogP contribution >= 0.6 is 15.9 Å². The lowest BCUT2D eigenvalue weighted by Crippen LogP contribution is -2.36. The number of hydrogen-bond acceptors (Lipinski definition) is 5.